The lowest BCUT2D eigenvalue weighted by Crippen LogP contribution is -2.57. The van der Waals surface area contributed by atoms with Crippen molar-refractivity contribution in [3.63, 3.8) is 0 Å². The Bertz CT molecular complexity index is 234. The molecule has 4 unspecified atom stereocenters. The van der Waals surface area contributed by atoms with Crippen LogP contribution >= 0.6 is 0 Å². The highest BCUT2D eigenvalue weighted by Crippen LogP contribution is 2.37. The zero-order chi connectivity index (χ0) is 11.6. The van der Waals surface area contributed by atoms with Gasteiger partial charge >= 0.3 is 0 Å². The van der Waals surface area contributed by atoms with E-state index in [9.17, 15) is 5.11 Å². The van der Waals surface area contributed by atoms with Gasteiger partial charge in [-0.05, 0) is 37.5 Å². The van der Waals surface area contributed by atoms with Crippen LogP contribution in [0.15, 0.2) is 0 Å². The molecule has 2 aliphatic rings. The van der Waals surface area contributed by atoms with Crippen molar-refractivity contribution in [3.8, 4) is 0 Å². The fraction of sp³-hybridized carbons (Fsp3) is 1.00. The molecule has 3 heteroatoms. The molecule has 4 N–H and O–H groups in total. The fourth-order valence-electron chi connectivity index (χ4n) is 3.64. The molecule has 2 saturated carbocycles. The zero-order valence-electron chi connectivity index (χ0n) is 10.4. The Morgan fingerprint density at radius 3 is 2.69 bits per heavy atom. The number of aliphatic hydroxyl groups is 1. The molecule has 0 radical (unpaired) electrons. The molecule has 0 aliphatic heterocycles. The number of nitrogens with one attached hydrogen (secondary N) is 1. The summed E-state index contributed by atoms with van der Waals surface area (Å²) in [7, 11) is 0. The van der Waals surface area contributed by atoms with Gasteiger partial charge in [0.25, 0.3) is 0 Å². The first-order valence-corrected chi connectivity index (χ1v) is 6.80. The largest absolute Gasteiger partial charge is 0.396 e. The van der Waals surface area contributed by atoms with Gasteiger partial charge in [0, 0.05) is 24.7 Å². The molecule has 0 heterocycles. The van der Waals surface area contributed by atoms with Crippen LogP contribution in [0.4, 0.5) is 0 Å². The Labute approximate surface area is 98.8 Å². The topological polar surface area (TPSA) is 58.3 Å². The number of nitrogens with two attached hydrogens (primary N) is 1. The second-order valence-corrected chi connectivity index (χ2v) is 5.78. The van der Waals surface area contributed by atoms with Crippen LogP contribution in [-0.2, 0) is 0 Å². The molecular weight excluding hydrogens is 200 g/mol. The highest BCUT2D eigenvalue weighted by molar-refractivity contribution is 5.01. The Morgan fingerprint density at radius 1 is 1.31 bits per heavy atom. The molecule has 2 fully saturated rings. The molecule has 3 nitrogen and oxygen atoms in total. The van der Waals surface area contributed by atoms with Gasteiger partial charge in [-0.1, -0.05) is 19.8 Å². The van der Waals surface area contributed by atoms with Crippen molar-refractivity contribution in [1.82, 2.24) is 5.32 Å². The minimum atomic E-state index is 0.155. The lowest BCUT2D eigenvalue weighted by Gasteiger charge is -2.38. The van der Waals surface area contributed by atoms with Crippen LogP contribution in [0.2, 0.25) is 0 Å². The summed E-state index contributed by atoms with van der Waals surface area (Å²) in [5.74, 6) is 1.13. The van der Waals surface area contributed by atoms with Gasteiger partial charge in [-0.15, -0.1) is 0 Å². The maximum atomic E-state index is 9.36. The van der Waals surface area contributed by atoms with Gasteiger partial charge in [0.1, 0.15) is 0 Å². The molecule has 94 valence electrons. The Hall–Kier alpha value is -0.120. The fourth-order valence-corrected chi connectivity index (χ4v) is 3.64. The van der Waals surface area contributed by atoms with E-state index in [0.29, 0.717) is 24.5 Å². The first-order chi connectivity index (χ1) is 7.72. The molecule has 0 bridgehead atoms. The van der Waals surface area contributed by atoms with E-state index < -0.39 is 0 Å². The molecule has 0 saturated heterocycles. The Morgan fingerprint density at radius 2 is 2.12 bits per heavy atom. The minimum absolute atomic E-state index is 0.155. The summed E-state index contributed by atoms with van der Waals surface area (Å²) in [4.78, 5) is 0. The Balaban J connectivity index is 2.01. The highest BCUT2D eigenvalue weighted by atomic mass is 16.3. The van der Waals surface area contributed by atoms with Crippen LogP contribution in [0, 0.1) is 11.8 Å². The van der Waals surface area contributed by atoms with Crippen molar-refractivity contribution in [3.05, 3.63) is 0 Å². The Kier molecular flexibility index (Phi) is 3.88. The summed E-state index contributed by atoms with van der Waals surface area (Å²) < 4.78 is 0. The second kappa shape index (κ2) is 5.03. The van der Waals surface area contributed by atoms with Gasteiger partial charge in [0.05, 0.1) is 0 Å². The average molecular weight is 226 g/mol. The maximum Gasteiger partial charge on any atom is 0.0474 e. The summed E-state index contributed by atoms with van der Waals surface area (Å²) >= 11 is 0. The monoisotopic (exact) mass is 226 g/mol. The molecule has 0 aromatic rings. The van der Waals surface area contributed by atoms with E-state index in [1.54, 1.807) is 0 Å². The van der Waals surface area contributed by atoms with E-state index >= 15 is 0 Å². The predicted octanol–water partition coefficient (Wildman–Crippen LogP) is 1.25. The highest BCUT2D eigenvalue weighted by Gasteiger charge is 2.42. The lowest BCUT2D eigenvalue weighted by atomic mass is 9.86. The van der Waals surface area contributed by atoms with Crippen molar-refractivity contribution in [1.29, 1.82) is 0 Å². The van der Waals surface area contributed by atoms with Crippen LogP contribution in [0.5, 0.6) is 0 Å². The zero-order valence-corrected chi connectivity index (χ0v) is 10.4. The van der Waals surface area contributed by atoms with Crippen LogP contribution in [0.1, 0.15) is 45.4 Å². The van der Waals surface area contributed by atoms with E-state index in [1.807, 2.05) is 0 Å². The molecule has 4 atom stereocenters. The maximum absolute atomic E-state index is 9.36. The lowest BCUT2D eigenvalue weighted by molar-refractivity contribution is 0.164. The molecular formula is C13H26N2O. The van der Waals surface area contributed by atoms with E-state index in [4.69, 9.17) is 5.73 Å². The number of rotatable bonds is 4. The molecule has 0 amide bonds. The molecule has 0 spiro atoms. The second-order valence-electron chi connectivity index (χ2n) is 5.78. The average Bonchev–Trinajstić information content (AvgIpc) is 2.87. The summed E-state index contributed by atoms with van der Waals surface area (Å²) in [6.45, 7) is 3.38. The third kappa shape index (κ3) is 2.13. The summed E-state index contributed by atoms with van der Waals surface area (Å²) in [5, 5.41) is 13.2. The molecule has 2 rings (SSSR count). The molecule has 16 heavy (non-hydrogen) atoms. The number of aliphatic hydroxyl groups excluding tert-OH is 1. The van der Waals surface area contributed by atoms with Gasteiger partial charge in [0.15, 0.2) is 0 Å². The van der Waals surface area contributed by atoms with Crippen LogP contribution in [0.3, 0.4) is 0 Å². The van der Waals surface area contributed by atoms with Crippen molar-refractivity contribution in [2.45, 2.75) is 57.0 Å². The first kappa shape index (κ1) is 12.3. The predicted molar refractivity (Wildman–Crippen MR) is 66.2 cm³/mol. The smallest absolute Gasteiger partial charge is 0.0474 e. The van der Waals surface area contributed by atoms with E-state index in [2.05, 4.69) is 12.2 Å². The van der Waals surface area contributed by atoms with E-state index in [-0.39, 0.29) is 5.54 Å². The van der Waals surface area contributed by atoms with Gasteiger partial charge < -0.3 is 16.2 Å². The molecule has 0 aromatic heterocycles. The van der Waals surface area contributed by atoms with Gasteiger partial charge in [-0.3, -0.25) is 0 Å². The normalized spacial score (nSPS) is 44.1. The van der Waals surface area contributed by atoms with Crippen LogP contribution in [-0.4, -0.2) is 29.8 Å². The SMILES string of the molecule is CC1CCCC1(CN)NC1CCCC1CO. The number of hydrogen-bond donors (Lipinski definition) is 3. The van der Waals surface area contributed by atoms with Crippen molar-refractivity contribution in [2.24, 2.45) is 17.6 Å². The third-order valence-electron chi connectivity index (χ3n) is 4.93. The standard InChI is InChI=1S/C13H26N2O/c1-10-4-3-7-13(10,9-14)15-12-6-2-5-11(12)8-16/h10-12,15-16H,2-9,14H2,1H3. The van der Waals surface area contributed by atoms with Crippen molar-refractivity contribution >= 4 is 0 Å². The first-order valence-electron chi connectivity index (χ1n) is 6.80. The van der Waals surface area contributed by atoms with E-state index in [0.717, 1.165) is 6.54 Å². The quantitative estimate of drug-likeness (QED) is 0.676. The molecule has 2 aliphatic carbocycles. The van der Waals surface area contributed by atoms with Crippen LogP contribution < -0.4 is 11.1 Å². The van der Waals surface area contributed by atoms with E-state index in [1.165, 1.54) is 38.5 Å². The van der Waals surface area contributed by atoms with Crippen molar-refractivity contribution < 1.29 is 5.11 Å². The summed E-state index contributed by atoms with van der Waals surface area (Å²) in [6.07, 6.45) is 7.42. The van der Waals surface area contributed by atoms with Crippen LogP contribution in [0.25, 0.3) is 0 Å². The van der Waals surface area contributed by atoms with Gasteiger partial charge in [-0.25, -0.2) is 0 Å². The van der Waals surface area contributed by atoms with Crippen molar-refractivity contribution in [2.75, 3.05) is 13.2 Å². The third-order valence-corrected chi connectivity index (χ3v) is 4.93. The summed E-state index contributed by atoms with van der Waals surface area (Å²) in [5.41, 5.74) is 6.15. The molecule has 0 aromatic carbocycles. The van der Waals surface area contributed by atoms with Gasteiger partial charge in [-0.2, -0.15) is 0 Å². The van der Waals surface area contributed by atoms with Gasteiger partial charge in [0.2, 0.25) is 0 Å². The minimum Gasteiger partial charge on any atom is -0.396 e. The summed E-state index contributed by atoms with van der Waals surface area (Å²) in [6, 6.07) is 0.495. The number of hydrogen-bond acceptors (Lipinski definition) is 3.